The molecule has 1 atom stereocenters. The van der Waals surface area contributed by atoms with Gasteiger partial charge in [0.2, 0.25) is 5.91 Å². The molecule has 6 heteroatoms. The van der Waals surface area contributed by atoms with Crippen molar-refractivity contribution < 1.29 is 13.2 Å². The third kappa shape index (κ3) is 2.83. The average molecular weight is 430 g/mol. The topological polar surface area (TPSA) is 63.2 Å². The van der Waals surface area contributed by atoms with Gasteiger partial charge in [-0.3, -0.25) is 4.79 Å². The number of benzene rings is 3. The van der Waals surface area contributed by atoms with E-state index in [1.165, 1.54) is 0 Å². The molecule has 0 spiro atoms. The summed E-state index contributed by atoms with van der Waals surface area (Å²) in [5.74, 6) is -0.470. The van der Waals surface area contributed by atoms with Crippen LogP contribution in [0.5, 0.6) is 0 Å². The SMILES string of the molecule is O=C1Nc2ccccc2CCC1S(=O)(=O)c1ccc(Br)c2ccccc12. The zero-order valence-electron chi connectivity index (χ0n) is 13.8. The molecule has 0 saturated heterocycles. The largest absolute Gasteiger partial charge is 0.325 e. The smallest absolute Gasteiger partial charge is 0.243 e. The van der Waals surface area contributed by atoms with Gasteiger partial charge in [0.25, 0.3) is 0 Å². The van der Waals surface area contributed by atoms with Crippen LogP contribution in [-0.4, -0.2) is 19.6 Å². The minimum atomic E-state index is -3.83. The highest BCUT2D eigenvalue weighted by molar-refractivity contribution is 9.10. The molecule has 3 aromatic rings. The van der Waals surface area contributed by atoms with Gasteiger partial charge in [0, 0.05) is 15.5 Å². The van der Waals surface area contributed by atoms with Crippen molar-refractivity contribution in [1.29, 1.82) is 0 Å². The second kappa shape index (κ2) is 6.52. The normalized spacial score (nSPS) is 17.4. The lowest BCUT2D eigenvalue weighted by Crippen LogP contribution is -2.34. The Balaban J connectivity index is 1.81. The van der Waals surface area contributed by atoms with Gasteiger partial charge in [-0.25, -0.2) is 8.42 Å². The molecular weight excluding hydrogens is 414 g/mol. The van der Waals surface area contributed by atoms with Crippen LogP contribution in [0.15, 0.2) is 70.0 Å². The van der Waals surface area contributed by atoms with Crippen LogP contribution in [0.1, 0.15) is 12.0 Å². The summed E-state index contributed by atoms with van der Waals surface area (Å²) in [6.07, 6.45) is 0.794. The first-order valence-electron chi connectivity index (χ1n) is 8.28. The van der Waals surface area contributed by atoms with Crippen LogP contribution in [0.25, 0.3) is 10.8 Å². The van der Waals surface area contributed by atoms with Crippen LogP contribution >= 0.6 is 15.9 Å². The van der Waals surface area contributed by atoms with Crippen LogP contribution in [0.4, 0.5) is 5.69 Å². The van der Waals surface area contributed by atoms with Crippen LogP contribution in [0.3, 0.4) is 0 Å². The number of anilines is 1. The molecule has 0 bridgehead atoms. The van der Waals surface area contributed by atoms with Crippen molar-refractivity contribution in [2.75, 3.05) is 5.32 Å². The van der Waals surface area contributed by atoms with Gasteiger partial charge in [-0.2, -0.15) is 0 Å². The molecule has 1 N–H and O–H groups in total. The highest BCUT2D eigenvalue weighted by Crippen LogP contribution is 2.34. The number of para-hydroxylation sites is 1. The molecule has 0 aromatic heterocycles. The van der Waals surface area contributed by atoms with Gasteiger partial charge in [-0.1, -0.05) is 58.4 Å². The van der Waals surface area contributed by atoms with E-state index in [0.29, 0.717) is 17.5 Å². The number of carbonyl (C=O) groups excluding carboxylic acids is 1. The van der Waals surface area contributed by atoms with Gasteiger partial charge in [-0.05, 0) is 42.0 Å². The lowest BCUT2D eigenvalue weighted by molar-refractivity contribution is -0.115. The molecule has 4 nitrogen and oxygen atoms in total. The Morgan fingerprint density at radius 1 is 0.923 bits per heavy atom. The van der Waals surface area contributed by atoms with Crippen LogP contribution in [0, 0.1) is 0 Å². The van der Waals surface area contributed by atoms with Crippen molar-refractivity contribution in [1.82, 2.24) is 0 Å². The molecular formula is C20H16BrNO3S. The number of hydrogen-bond donors (Lipinski definition) is 1. The van der Waals surface area contributed by atoms with Crippen molar-refractivity contribution in [2.45, 2.75) is 23.0 Å². The molecule has 1 amide bonds. The summed E-state index contributed by atoms with van der Waals surface area (Å²) in [4.78, 5) is 12.9. The average Bonchev–Trinajstić information content (AvgIpc) is 2.80. The van der Waals surface area contributed by atoms with E-state index in [4.69, 9.17) is 0 Å². The van der Waals surface area contributed by atoms with Gasteiger partial charge < -0.3 is 5.32 Å². The first-order valence-corrected chi connectivity index (χ1v) is 10.6. The summed E-state index contributed by atoms with van der Waals surface area (Å²) < 4.78 is 27.5. The van der Waals surface area contributed by atoms with E-state index in [9.17, 15) is 13.2 Å². The minimum Gasteiger partial charge on any atom is -0.325 e. The first kappa shape index (κ1) is 17.2. The standard InChI is InChI=1S/C20H16BrNO3S/c21-16-10-12-18(15-7-3-2-6-14(15)16)26(24,25)19-11-9-13-5-1-4-8-17(13)22-20(19)23/h1-8,10,12,19H,9,11H2,(H,22,23). The number of aryl methyl sites for hydroxylation is 1. The summed E-state index contributed by atoms with van der Waals surface area (Å²) in [5.41, 5.74) is 1.65. The zero-order chi connectivity index (χ0) is 18.3. The third-order valence-corrected chi connectivity index (χ3v) is 7.61. The number of carbonyl (C=O) groups is 1. The third-order valence-electron chi connectivity index (χ3n) is 4.76. The van der Waals surface area contributed by atoms with Gasteiger partial charge in [-0.15, -0.1) is 0 Å². The zero-order valence-corrected chi connectivity index (χ0v) is 16.2. The lowest BCUT2D eigenvalue weighted by Gasteiger charge is -2.16. The summed E-state index contributed by atoms with van der Waals surface area (Å²) in [5, 5.41) is 3.10. The molecule has 1 heterocycles. The Labute approximate surface area is 160 Å². The molecule has 132 valence electrons. The fourth-order valence-electron chi connectivity index (χ4n) is 3.42. The maximum absolute atomic E-state index is 13.4. The Morgan fingerprint density at radius 2 is 1.62 bits per heavy atom. The van der Waals surface area contributed by atoms with Crippen LogP contribution in [0.2, 0.25) is 0 Å². The fourth-order valence-corrected chi connectivity index (χ4v) is 5.72. The number of sulfone groups is 1. The van der Waals surface area contributed by atoms with Gasteiger partial charge >= 0.3 is 0 Å². The summed E-state index contributed by atoms with van der Waals surface area (Å²) >= 11 is 3.46. The van der Waals surface area contributed by atoms with E-state index in [-0.39, 0.29) is 11.3 Å². The molecule has 0 aliphatic carbocycles. The predicted octanol–water partition coefficient (Wildman–Crippen LogP) is 4.33. The first-order chi connectivity index (χ1) is 12.5. The number of rotatable bonds is 2. The van der Waals surface area contributed by atoms with E-state index in [2.05, 4.69) is 21.2 Å². The van der Waals surface area contributed by atoms with Crippen molar-refractivity contribution in [3.8, 4) is 0 Å². The lowest BCUT2D eigenvalue weighted by atomic mass is 10.1. The summed E-state index contributed by atoms with van der Waals surface area (Å²) in [6, 6.07) is 18.0. The number of fused-ring (bicyclic) bond motifs is 2. The van der Waals surface area contributed by atoms with E-state index in [0.717, 1.165) is 15.4 Å². The molecule has 26 heavy (non-hydrogen) atoms. The van der Waals surface area contributed by atoms with Crippen molar-refractivity contribution >= 4 is 48.1 Å². The second-order valence-corrected chi connectivity index (χ2v) is 9.26. The minimum absolute atomic E-state index is 0.197. The van der Waals surface area contributed by atoms with E-state index >= 15 is 0 Å². The molecule has 0 radical (unpaired) electrons. The molecule has 1 unspecified atom stereocenters. The van der Waals surface area contributed by atoms with Gasteiger partial charge in [0.05, 0.1) is 4.90 Å². The Hall–Kier alpha value is -2.18. The Bertz CT molecular complexity index is 1120. The van der Waals surface area contributed by atoms with Crippen LogP contribution < -0.4 is 5.32 Å². The van der Waals surface area contributed by atoms with Crippen molar-refractivity contribution in [2.24, 2.45) is 0 Å². The fraction of sp³-hybridized carbons (Fsp3) is 0.150. The molecule has 1 aliphatic heterocycles. The molecule has 4 rings (SSSR count). The summed E-state index contributed by atoms with van der Waals surface area (Å²) in [7, 11) is -3.83. The number of amides is 1. The highest BCUT2D eigenvalue weighted by Gasteiger charge is 2.36. The van der Waals surface area contributed by atoms with Crippen molar-refractivity contribution in [3.63, 3.8) is 0 Å². The maximum Gasteiger partial charge on any atom is 0.243 e. The van der Waals surface area contributed by atoms with Crippen LogP contribution in [-0.2, 0) is 21.1 Å². The summed E-state index contributed by atoms with van der Waals surface area (Å²) in [6.45, 7) is 0. The monoisotopic (exact) mass is 429 g/mol. The number of hydrogen-bond acceptors (Lipinski definition) is 3. The quantitative estimate of drug-likeness (QED) is 0.659. The molecule has 1 aliphatic rings. The molecule has 0 saturated carbocycles. The van der Waals surface area contributed by atoms with E-state index in [1.807, 2.05) is 30.3 Å². The van der Waals surface area contributed by atoms with Gasteiger partial charge in [0.1, 0.15) is 5.25 Å². The van der Waals surface area contributed by atoms with E-state index < -0.39 is 21.0 Å². The predicted molar refractivity (Wildman–Crippen MR) is 106 cm³/mol. The maximum atomic E-state index is 13.4. The van der Waals surface area contributed by atoms with Gasteiger partial charge in [0.15, 0.2) is 9.84 Å². The highest BCUT2D eigenvalue weighted by atomic mass is 79.9. The second-order valence-electron chi connectivity index (χ2n) is 6.31. The Morgan fingerprint density at radius 3 is 2.42 bits per heavy atom. The Kier molecular flexibility index (Phi) is 4.32. The molecule has 0 fully saturated rings. The van der Waals surface area contributed by atoms with Crippen molar-refractivity contribution in [3.05, 3.63) is 70.7 Å². The van der Waals surface area contributed by atoms with E-state index in [1.54, 1.807) is 30.3 Å². The number of halogens is 1. The number of nitrogens with one attached hydrogen (secondary N) is 1. The molecule has 3 aromatic carbocycles.